The van der Waals surface area contributed by atoms with Gasteiger partial charge >= 0.3 is 0 Å². The molecule has 3 rings (SSSR count). The lowest BCUT2D eigenvalue weighted by Crippen LogP contribution is -2.28. The van der Waals surface area contributed by atoms with E-state index in [2.05, 4.69) is 10.3 Å². The number of anilines is 1. The highest BCUT2D eigenvalue weighted by atomic mass is 16.2. The first-order valence-corrected chi connectivity index (χ1v) is 8.17. The van der Waals surface area contributed by atoms with Gasteiger partial charge in [0.1, 0.15) is 6.54 Å². The van der Waals surface area contributed by atoms with Crippen LogP contribution in [0.25, 0.3) is 11.1 Å². The maximum Gasteiger partial charge on any atom is 0.253 e. The molecule has 5 nitrogen and oxygen atoms in total. The minimum atomic E-state index is -0.267. The van der Waals surface area contributed by atoms with Crippen molar-refractivity contribution in [2.24, 2.45) is 0 Å². The average molecular weight is 333 g/mol. The standard InChI is InChI=1S/C20H19N3O2/c1-2-16-12-20(25)23(14-21-16)13-19(24)22-18-11-7-6-10-17(18)15-8-4-3-5-9-15/h3-12,14H,2,13H2,1H3,(H,22,24). The van der Waals surface area contributed by atoms with Gasteiger partial charge in [-0.1, -0.05) is 55.5 Å². The van der Waals surface area contributed by atoms with Gasteiger partial charge in [-0.05, 0) is 18.1 Å². The summed E-state index contributed by atoms with van der Waals surface area (Å²) in [6.45, 7) is 1.86. The number of hydrogen-bond donors (Lipinski definition) is 1. The first-order valence-electron chi connectivity index (χ1n) is 8.17. The zero-order valence-electron chi connectivity index (χ0n) is 14.0. The molecule has 0 aliphatic heterocycles. The highest BCUT2D eigenvalue weighted by molar-refractivity contribution is 5.95. The monoisotopic (exact) mass is 333 g/mol. The first-order chi connectivity index (χ1) is 12.2. The molecule has 5 heteroatoms. The van der Waals surface area contributed by atoms with Gasteiger partial charge in [0.25, 0.3) is 5.56 Å². The molecule has 126 valence electrons. The minimum absolute atomic E-state index is 0.0705. The number of para-hydroxylation sites is 1. The number of hydrogen-bond acceptors (Lipinski definition) is 3. The fraction of sp³-hybridized carbons (Fsp3) is 0.150. The summed E-state index contributed by atoms with van der Waals surface area (Å²) in [6.07, 6.45) is 2.11. The number of aromatic nitrogens is 2. The molecule has 0 aliphatic carbocycles. The van der Waals surface area contributed by atoms with E-state index < -0.39 is 0 Å². The Balaban J connectivity index is 1.79. The lowest BCUT2D eigenvalue weighted by Gasteiger charge is -2.12. The predicted octanol–water partition coefficient (Wildman–Crippen LogP) is 3.11. The van der Waals surface area contributed by atoms with Gasteiger partial charge in [0.15, 0.2) is 0 Å². The Hall–Kier alpha value is -3.21. The number of nitrogens with zero attached hydrogens (tertiary/aromatic N) is 2. The number of carbonyl (C=O) groups is 1. The fourth-order valence-electron chi connectivity index (χ4n) is 2.58. The Kier molecular flexibility index (Phi) is 5.04. The molecule has 0 aliphatic rings. The molecule has 1 N–H and O–H groups in total. The lowest BCUT2D eigenvalue weighted by molar-refractivity contribution is -0.116. The van der Waals surface area contributed by atoms with Crippen molar-refractivity contribution in [1.82, 2.24) is 9.55 Å². The average Bonchev–Trinajstić information content (AvgIpc) is 2.64. The first kappa shape index (κ1) is 16.6. The second-order valence-corrected chi connectivity index (χ2v) is 5.66. The normalized spacial score (nSPS) is 10.4. The predicted molar refractivity (Wildman–Crippen MR) is 98.4 cm³/mol. The molecular weight excluding hydrogens is 314 g/mol. The summed E-state index contributed by atoms with van der Waals surface area (Å²) in [5, 5.41) is 2.89. The van der Waals surface area contributed by atoms with Crippen molar-refractivity contribution < 1.29 is 4.79 Å². The molecule has 0 atom stereocenters. The number of aryl methyl sites for hydroxylation is 1. The molecule has 0 radical (unpaired) electrons. The molecule has 1 heterocycles. The zero-order valence-corrected chi connectivity index (χ0v) is 14.0. The number of rotatable bonds is 5. The van der Waals surface area contributed by atoms with Crippen LogP contribution in [0.2, 0.25) is 0 Å². The van der Waals surface area contributed by atoms with Crippen LogP contribution in [0.15, 0.2) is 71.8 Å². The van der Waals surface area contributed by atoms with Crippen LogP contribution in [-0.2, 0) is 17.8 Å². The molecule has 0 spiro atoms. The van der Waals surface area contributed by atoms with Crippen molar-refractivity contribution in [2.45, 2.75) is 19.9 Å². The molecule has 3 aromatic rings. The van der Waals surface area contributed by atoms with E-state index in [-0.39, 0.29) is 18.0 Å². The highest BCUT2D eigenvalue weighted by Gasteiger charge is 2.10. The lowest BCUT2D eigenvalue weighted by atomic mass is 10.0. The van der Waals surface area contributed by atoms with Crippen molar-refractivity contribution in [3.63, 3.8) is 0 Å². The summed E-state index contributed by atoms with van der Waals surface area (Å²) in [5.41, 5.74) is 3.16. The van der Waals surface area contributed by atoms with Crippen LogP contribution in [-0.4, -0.2) is 15.5 Å². The zero-order chi connectivity index (χ0) is 17.6. The second-order valence-electron chi connectivity index (χ2n) is 5.66. The van der Waals surface area contributed by atoms with Crippen molar-refractivity contribution in [1.29, 1.82) is 0 Å². The minimum Gasteiger partial charge on any atom is -0.324 e. The molecular formula is C20H19N3O2. The third kappa shape index (κ3) is 4.01. The summed E-state index contributed by atoms with van der Waals surface area (Å²) >= 11 is 0. The summed E-state index contributed by atoms with van der Waals surface area (Å²) in [5.74, 6) is -0.267. The highest BCUT2D eigenvalue weighted by Crippen LogP contribution is 2.27. The van der Waals surface area contributed by atoms with Gasteiger partial charge in [0, 0.05) is 23.0 Å². The van der Waals surface area contributed by atoms with Crippen LogP contribution in [0.5, 0.6) is 0 Å². The summed E-state index contributed by atoms with van der Waals surface area (Å²) in [4.78, 5) is 28.6. The fourth-order valence-corrected chi connectivity index (χ4v) is 2.58. The third-order valence-corrected chi connectivity index (χ3v) is 3.90. The Labute approximate surface area is 146 Å². The van der Waals surface area contributed by atoms with Crippen LogP contribution < -0.4 is 10.9 Å². The quantitative estimate of drug-likeness (QED) is 0.780. The molecule has 0 saturated heterocycles. The van der Waals surface area contributed by atoms with Gasteiger partial charge in [-0.2, -0.15) is 0 Å². The van der Waals surface area contributed by atoms with Crippen molar-refractivity contribution in [2.75, 3.05) is 5.32 Å². The number of nitrogens with one attached hydrogen (secondary N) is 1. The van der Waals surface area contributed by atoms with Crippen molar-refractivity contribution >= 4 is 11.6 Å². The van der Waals surface area contributed by atoms with Gasteiger partial charge < -0.3 is 5.32 Å². The molecule has 0 saturated carbocycles. The van der Waals surface area contributed by atoms with E-state index in [4.69, 9.17) is 0 Å². The Morgan fingerprint density at radius 2 is 1.80 bits per heavy atom. The van der Waals surface area contributed by atoms with E-state index in [1.807, 2.05) is 61.5 Å². The van der Waals surface area contributed by atoms with E-state index in [9.17, 15) is 9.59 Å². The van der Waals surface area contributed by atoms with Crippen LogP contribution in [0.1, 0.15) is 12.6 Å². The maximum atomic E-state index is 12.4. The number of benzene rings is 2. The molecule has 1 aromatic heterocycles. The van der Waals surface area contributed by atoms with E-state index in [1.54, 1.807) is 0 Å². The van der Waals surface area contributed by atoms with Crippen molar-refractivity contribution in [3.8, 4) is 11.1 Å². The largest absolute Gasteiger partial charge is 0.324 e. The van der Waals surface area contributed by atoms with Crippen LogP contribution in [0, 0.1) is 0 Å². The van der Waals surface area contributed by atoms with Crippen LogP contribution in [0.4, 0.5) is 5.69 Å². The molecule has 25 heavy (non-hydrogen) atoms. The molecule has 0 bridgehead atoms. The van der Waals surface area contributed by atoms with Gasteiger partial charge in [-0.15, -0.1) is 0 Å². The Morgan fingerprint density at radius 3 is 2.52 bits per heavy atom. The van der Waals surface area contributed by atoms with Crippen LogP contribution >= 0.6 is 0 Å². The summed E-state index contributed by atoms with van der Waals surface area (Å²) in [7, 11) is 0. The topological polar surface area (TPSA) is 64.0 Å². The van der Waals surface area contributed by atoms with Gasteiger partial charge in [0.2, 0.25) is 5.91 Å². The summed E-state index contributed by atoms with van der Waals surface area (Å²) < 4.78 is 1.31. The molecule has 2 aromatic carbocycles. The number of carbonyl (C=O) groups excluding carboxylic acids is 1. The molecule has 1 amide bonds. The summed E-state index contributed by atoms with van der Waals surface area (Å²) in [6, 6.07) is 18.9. The SMILES string of the molecule is CCc1cc(=O)n(CC(=O)Nc2ccccc2-c2ccccc2)cn1. The second kappa shape index (κ2) is 7.57. The van der Waals surface area contributed by atoms with Crippen LogP contribution in [0.3, 0.4) is 0 Å². The van der Waals surface area contributed by atoms with E-state index in [0.29, 0.717) is 12.1 Å². The smallest absolute Gasteiger partial charge is 0.253 e. The van der Waals surface area contributed by atoms with E-state index >= 15 is 0 Å². The van der Waals surface area contributed by atoms with Gasteiger partial charge in [-0.25, -0.2) is 4.98 Å². The van der Waals surface area contributed by atoms with E-state index in [0.717, 1.165) is 16.8 Å². The Bertz CT molecular complexity index is 933. The van der Waals surface area contributed by atoms with E-state index in [1.165, 1.54) is 17.0 Å². The van der Waals surface area contributed by atoms with Gasteiger partial charge in [0.05, 0.1) is 6.33 Å². The van der Waals surface area contributed by atoms with Crippen molar-refractivity contribution in [3.05, 3.63) is 83.0 Å². The molecule has 0 unspecified atom stereocenters. The number of amides is 1. The van der Waals surface area contributed by atoms with Gasteiger partial charge in [-0.3, -0.25) is 14.2 Å². The molecule has 0 fully saturated rings. The Morgan fingerprint density at radius 1 is 1.08 bits per heavy atom. The maximum absolute atomic E-state index is 12.4. The third-order valence-electron chi connectivity index (χ3n) is 3.90.